The van der Waals surface area contributed by atoms with Gasteiger partial charge in [-0.1, -0.05) is 13.8 Å². The molecule has 0 aromatic rings. The highest BCUT2D eigenvalue weighted by molar-refractivity contribution is 5.87. The van der Waals surface area contributed by atoms with Crippen LogP contribution >= 0.6 is 0 Å². The van der Waals surface area contributed by atoms with Crippen LogP contribution in [0.4, 0.5) is 0 Å². The van der Waals surface area contributed by atoms with Crippen molar-refractivity contribution < 1.29 is 14.7 Å². The van der Waals surface area contributed by atoms with Crippen molar-refractivity contribution in [1.29, 1.82) is 0 Å². The Morgan fingerprint density at radius 3 is 2.33 bits per heavy atom. The fourth-order valence-electron chi connectivity index (χ4n) is 1.83. The van der Waals surface area contributed by atoms with E-state index in [9.17, 15) is 9.59 Å². The minimum atomic E-state index is -0.776. The number of hydrazone groups is 1. The third kappa shape index (κ3) is 7.81. The number of carboxylic acids is 1. The van der Waals surface area contributed by atoms with Crippen LogP contribution in [0.15, 0.2) is 5.10 Å². The maximum atomic E-state index is 11.4. The van der Waals surface area contributed by atoms with Crippen molar-refractivity contribution in [1.82, 2.24) is 5.43 Å². The molecule has 1 rings (SSSR count). The number of unbranched alkanes of at least 4 members (excludes halogenated alkanes) is 2. The summed E-state index contributed by atoms with van der Waals surface area (Å²) in [5, 5.41) is 12.5. The molecule has 0 aromatic carbocycles. The molecule has 0 saturated heterocycles. The molecule has 0 aliphatic heterocycles. The normalized spacial score (nSPS) is 13.9. The lowest BCUT2D eigenvalue weighted by Gasteiger charge is -2.01. The predicted octanol–water partition coefficient (Wildman–Crippen LogP) is 2.70. The molecule has 0 bridgehead atoms. The first kappa shape index (κ1) is 16.6. The zero-order valence-electron chi connectivity index (χ0n) is 10.1. The Labute approximate surface area is 109 Å². The van der Waals surface area contributed by atoms with Gasteiger partial charge in [0.15, 0.2) is 0 Å². The van der Waals surface area contributed by atoms with Crippen LogP contribution in [0, 0.1) is 0 Å². The third-order valence-corrected chi connectivity index (χ3v) is 2.81. The molecule has 0 aromatic heterocycles. The smallest absolute Gasteiger partial charge is 0.303 e. The Kier molecular flexibility index (Phi) is 8.88. The zero-order valence-corrected chi connectivity index (χ0v) is 10.1. The highest BCUT2D eigenvalue weighted by Gasteiger charge is 2.08. The van der Waals surface area contributed by atoms with Gasteiger partial charge in [-0.25, -0.2) is 5.43 Å². The highest BCUT2D eigenvalue weighted by Crippen LogP contribution is 2.13. The topological polar surface area (TPSA) is 78.8 Å². The van der Waals surface area contributed by atoms with Crippen molar-refractivity contribution in [3.63, 3.8) is 0 Å². The van der Waals surface area contributed by atoms with Crippen molar-refractivity contribution in [3.05, 3.63) is 0 Å². The van der Waals surface area contributed by atoms with Gasteiger partial charge >= 0.3 is 5.97 Å². The number of amides is 1. The van der Waals surface area contributed by atoms with Crippen molar-refractivity contribution in [2.45, 2.75) is 65.2 Å². The lowest BCUT2D eigenvalue weighted by atomic mass is 10.1. The molecule has 1 amide bonds. The quantitative estimate of drug-likeness (QED) is 0.543. The third-order valence-electron chi connectivity index (χ3n) is 2.81. The number of nitrogens with one attached hydrogen (secondary N) is 1. The van der Waals surface area contributed by atoms with Crippen LogP contribution in [0.1, 0.15) is 65.2 Å². The van der Waals surface area contributed by atoms with Crippen LogP contribution in [0.5, 0.6) is 0 Å². The van der Waals surface area contributed by atoms with Gasteiger partial charge in [0.25, 0.3) is 0 Å². The standard InChI is InChI=1S/C12H20N2O3.CH4/c15-11(8-2-1-3-9-12(16)17)14-13-10-6-4-5-7-10;/h1-9H2,(H,14,15)(H,16,17);1H4. The van der Waals surface area contributed by atoms with Gasteiger partial charge in [-0.2, -0.15) is 5.10 Å². The van der Waals surface area contributed by atoms with Gasteiger partial charge in [0.2, 0.25) is 5.91 Å². The Balaban J connectivity index is 0.00000289. The fourth-order valence-corrected chi connectivity index (χ4v) is 1.83. The molecule has 2 N–H and O–H groups in total. The summed E-state index contributed by atoms with van der Waals surface area (Å²) in [6.07, 6.45) is 7.09. The van der Waals surface area contributed by atoms with E-state index in [4.69, 9.17) is 5.11 Å². The number of nitrogens with zero attached hydrogens (tertiary/aromatic N) is 1. The Hall–Kier alpha value is -1.39. The molecule has 1 aliphatic carbocycles. The first-order valence-corrected chi connectivity index (χ1v) is 6.24. The van der Waals surface area contributed by atoms with Crippen molar-refractivity contribution >= 4 is 17.6 Å². The first-order chi connectivity index (χ1) is 8.18. The van der Waals surface area contributed by atoms with E-state index in [1.807, 2.05) is 0 Å². The van der Waals surface area contributed by atoms with Gasteiger partial charge in [0.1, 0.15) is 0 Å². The summed E-state index contributed by atoms with van der Waals surface area (Å²) < 4.78 is 0. The molecule has 0 unspecified atom stereocenters. The second kappa shape index (κ2) is 9.62. The summed E-state index contributed by atoms with van der Waals surface area (Å²) in [4.78, 5) is 21.6. The SMILES string of the molecule is C.O=C(O)CCCCCC(=O)NN=C1CCCC1. The van der Waals surface area contributed by atoms with Crippen LogP contribution in [-0.2, 0) is 9.59 Å². The lowest BCUT2D eigenvalue weighted by Crippen LogP contribution is -2.18. The van der Waals surface area contributed by atoms with E-state index in [0.29, 0.717) is 12.8 Å². The highest BCUT2D eigenvalue weighted by atomic mass is 16.4. The van der Waals surface area contributed by atoms with Gasteiger partial charge in [-0.05, 0) is 38.5 Å². The average Bonchev–Trinajstić information content (AvgIpc) is 2.78. The van der Waals surface area contributed by atoms with E-state index in [1.54, 1.807) is 0 Å². The molecule has 1 fully saturated rings. The van der Waals surface area contributed by atoms with Crippen LogP contribution in [0.25, 0.3) is 0 Å². The van der Waals surface area contributed by atoms with Gasteiger partial charge in [-0.15, -0.1) is 0 Å². The molecule has 5 heteroatoms. The van der Waals surface area contributed by atoms with E-state index in [1.165, 1.54) is 12.8 Å². The zero-order chi connectivity index (χ0) is 12.5. The predicted molar refractivity (Wildman–Crippen MR) is 71.5 cm³/mol. The lowest BCUT2D eigenvalue weighted by molar-refractivity contribution is -0.137. The first-order valence-electron chi connectivity index (χ1n) is 6.24. The van der Waals surface area contributed by atoms with Gasteiger partial charge in [-0.3, -0.25) is 9.59 Å². The number of carbonyl (C=O) groups is 2. The molecule has 0 spiro atoms. The Morgan fingerprint density at radius 2 is 1.72 bits per heavy atom. The molecule has 5 nitrogen and oxygen atoms in total. The van der Waals surface area contributed by atoms with E-state index < -0.39 is 5.97 Å². The summed E-state index contributed by atoms with van der Waals surface area (Å²) in [5.41, 5.74) is 3.64. The van der Waals surface area contributed by atoms with E-state index >= 15 is 0 Å². The molecule has 0 atom stereocenters. The number of carbonyl (C=O) groups excluding carboxylic acids is 1. The van der Waals surface area contributed by atoms with E-state index in [0.717, 1.165) is 31.4 Å². The molecule has 18 heavy (non-hydrogen) atoms. The van der Waals surface area contributed by atoms with Crippen molar-refractivity contribution in [2.24, 2.45) is 5.10 Å². The van der Waals surface area contributed by atoms with E-state index in [2.05, 4.69) is 10.5 Å². The number of rotatable bonds is 7. The van der Waals surface area contributed by atoms with Crippen molar-refractivity contribution in [3.8, 4) is 0 Å². The van der Waals surface area contributed by atoms with Crippen LogP contribution in [0.2, 0.25) is 0 Å². The van der Waals surface area contributed by atoms with Gasteiger partial charge in [0.05, 0.1) is 0 Å². The van der Waals surface area contributed by atoms with E-state index in [-0.39, 0.29) is 19.8 Å². The number of carboxylic acid groups (broad SMARTS) is 1. The average molecular weight is 256 g/mol. The fraction of sp³-hybridized carbons (Fsp3) is 0.769. The van der Waals surface area contributed by atoms with Crippen LogP contribution in [-0.4, -0.2) is 22.7 Å². The maximum Gasteiger partial charge on any atom is 0.303 e. The number of hydrogen-bond donors (Lipinski definition) is 2. The summed E-state index contributed by atoms with van der Waals surface area (Å²) in [5.74, 6) is -0.846. The molecule has 1 saturated carbocycles. The largest absolute Gasteiger partial charge is 0.481 e. The second-order valence-electron chi connectivity index (χ2n) is 4.37. The summed E-state index contributed by atoms with van der Waals surface area (Å²) in [6.45, 7) is 0. The second-order valence-corrected chi connectivity index (χ2v) is 4.37. The Morgan fingerprint density at radius 1 is 1.11 bits per heavy atom. The molecule has 0 heterocycles. The summed E-state index contributed by atoms with van der Waals surface area (Å²) >= 11 is 0. The molecule has 1 aliphatic rings. The van der Waals surface area contributed by atoms with Gasteiger partial charge in [0, 0.05) is 18.6 Å². The Bertz CT molecular complexity index is 293. The van der Waals surface area contributed by atoms with Gasteiger partial charge < -0.3 is 5.11 Å². The van der Waals surface area contributed by atoms with Crippen LogP contribution < -0.4 is 5.43 Å². The minimum Gasteiger partial charge on any atom is -0.481 e. The number of hydrogen-bond acceptors (Lipinski definition) is 3. The van der Waals surface area contributed by atoms with Crippen molar-refractivity contribution in [2.75, 3.05) is 0 Å². The minimum absolute atomic E-state index is 0. The molecular formula is C13H24N2O3. The maximum absolute atomic E-state index is 11.4. The molecule has 104 valence electrons. The monoisotopic (exact) mass is 256 g/mol. The van der Waals surface area contributed by atoms with Crippen LogP contribution in [0.3, 0.4) is 0 Å². The molecular weight excluding hydrogens is 232 g/mol. The number of aliphatic carboxylic acids is 1. The molecule has 0 radical (unpaired) electrons. The summed E-state index contributed by atoms with van der Waals surface area (Å²) in [6, 6.07) is 0. The summed E-state index contributed by atoms with van der Waals surface area (Å²) in [7, 11) is 0.